The third-order valence-electron chi connectivity index (χ3n) is 6.44. The fourth-order valence-electron chi connectivity index (χ4n) is 4.77. The van der Waals surface area contributed by atoms with Crippen molar-refractivity contribution in [1.82, 2.24) is 19.7 Å². The van der Waals surface area contributed by atoms with Crippen LogP contribution < -0.4 is 5.32 Å². The van der Waals surface area contributed by atoms with Crippen molar-refractivity contribution >= 4 is 23.4 Å². The first kappa shape index (κ1) is 19.7. The molecule has 3 amide bonds. The topological polar surface area (TPSA) is 97.2 Å². The highest BCUT2D eigenvalue weighted by atomic mass is 16.2. The lowest BCUT2D eigenvalue weighted by Gasteiger charge is -2.14. The third kappa shape index (κ3) is 3.66. The van der Waals surface area contributed by atoms with Crippen LogP contribution in [0.5, 0.6) is 0 Å². The number of imide groups is 1. The van der Waals surface area contributed by atoms with Gasteiger partial charge in [-0.2, -0.15) is 0 Å². The smallest absolute Gasteiger partial charge is 0.244 e. The number of nitrogens with one attached hydrogen (secondary N) is 1. The summed E-state index contributed by atoms with van der Waals surface area (Å²) in [5.41, 5.74) is 1.56. The Bertz CT molecular complexity index is 1030. The highest BCUT2D eigenvalue weighted by molar-refractivity contribution is 6.08. The highest BCUT2D eigenvalue weighted by Gasteiger charge is 2.47. The van der Waals surface area contributed by atoms with E-state index in [9.17, 15) is 14.4 Å². The molecular weight excluding hydrogens is 394 g/mol. The average Bonchev–Trinajstić information content (AvgIpc) is 3.18. The van der Waals surface area contributed by atoms with Gasteiger partial charge >= 0.3 is 0 Å². The van der Waals surface area contributed by atoms with Gasteiger partial charge in [-0.3, -0.25) is 19.3 Å². The maximum Gasteiger partial charge on any atom is 0.244 e. The number of aromatic nitrogens is 3. The fraction of sp³-hybridized carbons (Fsp3) is 0.435. The molecule has 0 bridgehead atoms. The number of hydrogen-bond acceptors (Lipinski definition) is 5. The summed E-state index contributed by atoms with van der Waals surface area (Å²) in [4.78, 5) is 38.7. The van der Waals surface area contributed by atoms with E-state index >= 15 is 0 Å². The van der Waals surface area contributed by atoms with Crippen molar-refractivity contribution in [2.45, 2.75) is 45.1 Å². The van der Waals surface area contributed by atoms with E-state index in [1.54, 1.807) is 0 Å². The molecule has 5 rings (SSSR count). The number of likely N-dealkylation sites (tertiary alicyclic amines) is 1. The van der Waals surface area contributed by atoms with Crippen molar-refractivity contribution in [2.24, 2.45) is 11.8 Å². The second-order valence-corrected chi connectivity index (χ2v) is 8.45. The van der Waals surface area contributed by atoms with Gasteiger partial charge in [0.25, 0.3) is 0 Å². The summed E-state index contributed by atoms with van der Waals surface area (Å²) >= 11 is 0. The summed E-state index contributed by atoms with van der Waals surface area (Å²) in [7, 11) is 0. The molecule has 2 aliphatic heterocycles. The van der Waals surface area contributed by atoms with Crippen molar-refractivity contribution in [3.05, 3.63) is 42.2 Å². The first-order chi connectivity index (χ1) is 15.1. The van der Waals surface area contributed by atoms with Gasteiger partial charge in [0.2, 0.25) is 17.7 Å². The van der Waals surface area contributed by atoms with Gasteiger partial charge in [-0.1, -0.05) is 18.6 Å². The molecule has 1 aromatic heterocycles. The first-order valence-electron chi connectivity index (χ1n) is 10.9. The van der Waals surface area contributed by atoms with Gasteiger partial charge in [0.15, 0.2) is 5.82 Å². The van der Waals surface area contributed by atoms with E-state index in [1.165, 1.54) is 6.42 Å². The second-order valence-electron chi connectivity index (χ2n) is 8.45. The maximum absolute atomic E-state index is 12.5. The molecule has 8 nitrogen and oxygen atoms in total. The molecule has 8 heteroatoms. The largest absolute Gasteiger partial charge is 0.325 e. The predicted octanol–water partition coefficient (Wildman–Crippen LogP) is 2.56. The molecule has 1 saturated heterocycles. The van der Waals surface area contributed by atoms with E-state index in [-0.39, 0.29) is 36.1 Å². The van der Waals surface area contributed by atoms with Crippen molar-refractivity contribution < 1.29 is 14.4 Å². The zero-order chi connectivity index (χ0) is 21.4. The molecule has 0 saturated carbocycles. The molecule has 1 N–H and O–H groups in total. The molecule has 1 aromatic carbocycles. The van der Waals surface area contributed by atoms with Crippen LogP contribution in [-0.2, 0) is 27.3 Å². The molecule has 31 heavy (non-hydrogen) atoms. The normalized spacial score (nSPS) is 22.8. The van der Waals surface area contributed by atoms with Crippen LogP contribution in [-0.4, -0.2) is 43.9 Å². The Morgan fingerprint density at radius 2 is 1.68 bits per heavy atom. The summed E-state index contributed by atoms with van der Waals surface area (Å²) in [6.07, 6.45) is 9.43. The molecular formula is C23H25N5O3. The minimum Gasteiger partial charge on any atom is -0.325 e. The number of anilines is 1. The zero-order valence-corrected chi connectivity index (χ0v) is 17.3. The lowest BCUT2D eigenvalue weighted by molar-refractivity contribution is -0.142. The lowest BCUT2D eigenvalue weighted by Crippen LogP contribution is -2.38. The number of carbonyl (C=O) groups excluding carboxylic acids is 3. The fourth-order valence-corrected chi connectivity index (χ4v) is 4.77. The molecule has 3 aliphatic rings. The summed E-state index contributed by atoms with van der Waals surface area (Å²) in [5, 5.41) is 11.5. The summed E-state index contributed by atoms with van der Waals surface area (Å²) in [6.45, 7) is 0.676. The average molecular weight is 419 g/mol. The van der Waals surface area contributed by atoms with E-state index in [2.05, 4.69) is 20.1 Å². The van der Waals surface area contributed by atoms with Crippen LogP contribution in [0.2, 0.25) is 0 Å². The molecule has 2 aromatic rings. The summed E-state index contributed by atoms with van der Waals surface area (Å²) in [5.74, 6) is 0.387. The van der Waals surface area contributed by atoms with Crippen molar-refractivity contribution in [3.8, 4) is 11.4 Å². The van der Waals surface area contributed by atoms with E-state index in [0.29, 0.717) is 18.5 Å². The summed E-state index contributed by atoms with van der Waals surface area (Å²) in [6, 6.07) is 7.43. The lowest BCUT2D eigenvalue weighted by atomic mass is 9.85. The number of allylic oxidation sites excluding steroid dienone is 2. The Balaban J connectivity index is 1.24. The van der Waals surface area contributed by atoms with Crippen LogP contribution >= 0.6 is 0 Å². The maximum atomic E-state index is 12.5. The number of benzene rings is 1. The number of nitrogens with zero attached hydrogens (tertiary/aromatic N) is 4. The standard InChI is InChI=1S/C23H25N5O3/c29-20(14-28-22(30)17-6-3-4-7-18(17)23(28)31)24-16-11-9-15(10-12-16)21-26-25-19-8-2-1-5-13-27(19)21/h3-4,9-12,17-18H,1-2,5-8,13-14H2,(H,24,29)/t17-,18-/m0/s1. The molecule has 160 valence electrons. The molecule has 0 radical (unpaired) electrons. The highest BCUT2D eigenvalue weighted by Crippen LogP contribution is 2.35. The SMILES string of the molecule is O=C(CN1C(=O)[C@H]2CC=CC[C@@H]2C1=O)Nc1ccc(-c2nnc3n2CCCCC3)cc1. The van der Waals surface area contributed by atoms with Gasteiger partial charge in [0.1, 0.15) is 12.4 Å². The van der Waals surface area contributed by atoms with Gasteiger partial charge < -0.3 is 9.88 Å². The predicted molar refractivity (Wildman–Crippen MR) is 114 cm³/mol. The summed E-state index contributed by atoms with van der Waals surface area (Å²) < 4.78 is 2.18. The molecule has 3 heterocycles. The number of hydrogen-bond donors (Lipinski definition) is 1. The molecule has 1 fully saturated rings. The Labute approximate surface area is 180 Å². The number of amides is 3. The monoisotopic (exact) mass is 419 g/mol. The van der Waals surface area contributed by atoms with Crippen LogP contribution in [0.25, 0.3) is 11.4 Å². The number of fused-ring (bicyclic) bond motifs is 2. The minimum atomic E-state index is -0.377. The number of carbonyl (C=O) groups is 3. The minimum absolute atomic E-state index is 0.239. The van der Waals surface area contributed by atoms with Gasteiger partial charge in [-0.05, 0) is 49.9 Å². The van der Waals surface area contributed by atoms with Gasteiger partial charge in [-0.15, -0.1) is 10.2 Å². The first-order valence-corrected chi connectivity index (χ1v) is 10.9. The van der Waals surface area contributed by atoms with E-state index in [4.69, 9.17) is 0 Å². The van der Waals surface area contributed by atoms with E-state index in [1.807, 2.05) is 36.4 Å². The number of rotatable bonds is 4. The van der Waals surface area contributed by atoms with Crippen LogP contribution in [0.15, 0.2) is 36.4 Å². The van der Waals surface area contributed by atoms with Crippen LogP contribution in [0.3, 0.4) is 0 Å². The Hall–Kier alpha value is -3.29. The van der Waals surface area contributed by atoms with E-state index in [0.717, 1.165) is 47.9 Å². The third-order valence-corrected chi connectivity index (χ3v) is 6.44. The molecule has 0 spiro atoms. The second kappa shape index (κ2) is 8.09. The van der Waals surface area contributed by atoms with Crippen LogP contribution in [0, 0.1) is 11.8 Å². The molecule has 2 atom stereocenters. The zero-order valence-electron chi connectivity index (χ0n) is 17.3. The van der Waals surface area contributed by atoms with E-state index < -0.39 is 0 Å². The van der Waals surface area contributed by atoms with Crippen LogP contribution in [0.4, 0.5) is 5.69 Å². The van der Waals surface area contributed by atoms with Gasteiger partial charge in [-0.25, -0.2) is 0 Å². The Kier molecular flexibility index (Phi) is 5.13. The van der Waals surface area contributed by atoms with Gasteiger partial charge in [0, 0.05) is 24.2 Å². The quantitative estimate of drug-likeness (QED) is 0.607. The molecule has 0 unspecified atom stereocenters. The number of aryl methyl sites for hydroxylation is 1. The Morgan fingerprint density at radius 3 is 2.39 bits per heavy atom. The van der Waals surface area contributed by atoms with Crippen molar-refractivity contribution in [2.75, 3.05) is 11.9 Å². The molecule has 1 aliphatic carbocycles. The van der Waals surface area contributed by atoms with Crippen LogP contribution in [0.1, 0.15) is 37.9 Å². The van der Waals surface area contributed by atoms with Crippen molar-refractivity contribution in [3.63, 3.8) is 0 Å². The Morgan fingerprint density at radius 1 is 0.968 bits per heavy atom. The van der Waals surface area contributed by atoms with Gasteiger partial charge in [0.05, 0.1) is 11.8 Å². The van der Waals surface area contributed by atoms with Crippen molar-refractivity contribution in [1.29, 1.82) is 0 Å².